The molecule has 0 aliphatic carbocycles. The van der Waals surface area contributed by atoms with E-state index in [0.717, 1.165) is 19.3 Å². The zero-order valence-electron chi connectivity index (χ0n) is 27.0. The fraction of sp³-hybridized carbons (Fsp3) is 0.788. The van der Waals surface area contributed by atoms with Gasteiger partial charge in [0.1, 0.15) is 6.04 Å². The van der Waals surface area contributed by atoms with Crippen LogP contribution in [0.1, 0.15) is 88.0 Å². The van der Waals surface area contributed by atoms with E-state index in [1.165, 1.54) is 0 Å². The Morgan fingerprint density at radius 3 is 2.22 bits per heavy atom. The molecule has 6 atom stereocenters. The van der Waals surface area contributed by atoms with E-state index in [4.69, 9.17) is 0 Å². The Morgan fingerprint density at radius 2 is 1.73 bits per heavy atom. The molecule has 3 aliphatic heterocycles. The van der Waals surface area contributed by atoms with E-state index in [9.17, 15) is 19.5 Å². The highest BCUT2D eigenvalue weighted by Gasteiger charge is 2.78. The standard InChI is InChI=1S/C33H55N3O4S/c1-12-17-34(18-13-2)27(38)24-25-28(39)36(23(20-37)22(4)5)26(33(25)16-15-32(24,11)41-33)29(40)35(19-14-3)31(9,10)21-30(6,7)8/h12,14,22-26,37H,1,3,13,15-21H2,2,4-11H3/t23-,24-,25-,26?,32+,33?/m0/s1. The summed E-state index contributed by atoms with van der Waals surface area (Å²) in [5, 5.41) is 10.6. The predicted octanol–water partition coefficient (Wildman–Crippen LogP) is 5.14. The molecule has 3 amide bonds. The summed E-state index contributed by atoms with van der Waals surface area (Å²) >= 11 is 1.69. The van der Waals surface area contributed by atoms with Crippen LogP contribution in [0.3, 0.4) is 0 Å². The number of fused-ring (bicyclic) bond motifs is 1. The maximum Gasteiger partial charge on any atom is 0.247 e. The van der Waals surface area contributed by atoms with Crippen LogP contribution in [0.15, 0.2) is 25.3 Å². The second kappa shape index (κ2) is 12.1. The van der Waals surface area contributed by atoms with Crippen LogP contribution >= 0.6 is 11.8 Å². The number of carbonyl (C=O) groups is 3. The molecule has 0 radical (unpaired) electrons. The van der Waals surface area contributed by atoms with Crippen molar-refractivity contribution >= 4 is 29.5 Å². The number of likely N-dealkylation sites (tertiary alicyclic amines) is 1. The van der Waals surface area contributed by atoms with Crippen molar-refractivity contribution < 1.29 is 19.5 Å². The molecule has 8 heteroatoms. The molecule has 3 saturated heterocycles. The van der Waals surface area contributed by atoms with Gasteiger partial charge in [-0.3, -0.25) is 14.4 Å². The molecular weight excluding hydrogens is 534 g/mol. The second-order valence-corrected chi connectivity index (χ2v) is 16.7. The molecule has 3 rings (SSSR count). The quantitative estimate of drug-likeness (QED) is 0.301. The third-order valence-electron chi connectivity index (χ3n) is 9.45. The van der Waals surface area contributed by atoms with Gasteiger partial charge in [-0.25, -0.2) is 0 Å². The number of hydrogen-bond acceptors (Lipinski definition) is 5. The third kappa shape index (κ3) is 5.89. The van der Waals surface area contributed by atoms with E-state index < -0.39 is 39.0 Å². The first-order valence-electron chi connectivity index (χ1n) is 15.4. The number of aliphatic hydroxyl groups is 1. The first-order chi connectivity index (χ1) is 19.0. The van der Waals surface area contributed by atoms with Crippen LogP contribution in [0.4, 0.5) is 0 Å². The average Bonchev–Trinajstić information content (AvgIpc) is 3.41. The van der Waals surface area contributed by atoms with Gasteiger partial charge in [0, 0.05) is 29.9 Å². The van der Waals surface area contributed by atoms with Gasteiger partial charge in [-0.05, 0) is 57.8 Å². The highest BCUT2D eigenvalue weighted by Crippen LogP contribution is 2.72. The molecule has 0 aromatic carbocycles. The summed E-state index contributed by atoms with van der Waals surface area (Å²) in [7, 11) is 0. The van der Waals surface area contributed by atoms with Crippen molar-refractivity contribution in [3.63, 3.8) is 0 Å². The summed E-state index contributed by atoms with van der Waals surface area (Å²) in [5.41, 5.74) is -0.526. The van der Waals surface area contributed by atoms with E-state index in [1.54, 1.807) is 28.8 Å². The van der Waals surface area contributed by atoms with Gasteiger partial charge in [-0.2, -0.15) is 0 Å². The number of nitrogens with zero attached hydrogens (tertiary/aromatic N) is 3. The molecule has 232 valence electrons. The number of amides is 3. The summed E-state index contributed by atoms with van der Waals surface area (Å²) in [6.07, 6.45) is 6.54. The van der Waals surface area contributed by atoms with Crippen molar-refractivity contribution in [1.82, 2.24) is 14.7 Å². The molecule has 1 N–H and O–H groups in total. The van der Waals surface area contributed by atoms with Gasteiger partial charge in [0.2, 0.25) is 17.7 Å². The highest BCUT2D eigenvalue weighted by molar-refractivity contribution is 8.02. The van der Waals surface area contributed by atoms with Crippen molar-refractivity contribution in [3.8, 4) is 0 Å². The Hall–Kier alpha value is -1.80. The summed E-state index contributed by atoms with van der Waals surface area (Å²) in [6.45, 7) is 27.8. The number of thioether (sulfide) groups is 1. The van der Waals surface area contributed by atoms with E-state index in [1.807, 2.05) is 30.6 Å². The van der Waals surface area contributed by atoms with Crippen molar-refractivity contribution in [2.75, 3.05) is 26.2 Å². The minimum absolute atomic E-state index is 0.0178. The predicted molar refractivity (Wildman–Crippen MR) is 168 cm³/mol. The lowest BCUT2D eigenvalue weighted by atomic mass is 9.66. The van der Waals surface area contributed by atoms with Crippen molar-refractivity contribution in [3.05, 3.63) is 25.3 Å². The topological polar surface area (TPSA) is 81.2 Å². The largest absolute Gasteiger partial charge is 0.394 e. The fourth-order valence-corrected chi connectivity index (χ4v) is 10.5. The van der Waals surface area contributed by atoms with Crippen LogP contribution < -0.4 is 0 Å². The molecule has 2 unspecified atom stereocenters. The van der Waals surface area contributed by atoms with Gasteiger partial charge in [-0.1, -0.05) is 53.7 Å². The third-order valence-corrected chi connectivity index (χ3v) is 11.4. The summed E-state index contributed by atoms with van der Waals surface area (Å²) in [6, 6.07) is -1.28. The Balaban J connectivity index is 2.20. The molecule has 7 nitrogen and oxygen atoms in total. The lowest BCUT2D eigenvalue weighted by molar-refractivity contribution is -0.150. The zero-order chi connectivity index (χ0) is 31.1. The smallest absolute Gasteiger partial charge is 0.247 e. The van der Waals surface area contributed by atoms with E-state index >= 15 is 0 Å². The van der Waals surface area contributed by atoms with Crippen LogP contribution in [0, 0.1) is 23.2 Å². The second-order valence-electron chi connectivity index (χ2n) is 14.8. The molecule has 1 spiro atoms. The van der Waals surface area contributed by atoms with E-state index in [-0.39, 0.29) is 35.7 Å². The van der Waals surface area contributed by atoms with Gasteiger partial charge < -0.3 is 19.8 Å². The van der Waals surface area contributed by atoms with Gasteiger partial charge in [0.05, 0.1) is 29.2 Å². The Morgan fingerprint density at radius 1 is 1.12 bits per heavy atom. The van der Waals surface area contributed by atoms with Crippen molar-refractivity contribution in [1.29, 1.82) is 0 Å². The van der Waals surface area contributed by atoms with Crippen molar-refractivity contribution in [2.45, 2.75) is 115 Å². The van der Waals surface area contributed by atoms with Crippen LogP contribution in [0.5, 0.6) is 0 Å². The molecule has 41 heavy (non-hydrogen) atoms. The fourth-order valence-electron chi connectivity index (χ4n) is 8.22. The first kappa shape index (κ1) is 33.7. The average molecular weight is 590 g/mol. The maximum atomic E-state index is 15.0. The maximum absolute atomic E-state index is 15.0. The first-order valence-corrected chi connectivity index (χ1v) is 16.2. The van der Waals surface area contributed by atoms with Gasteiger partial charge >= 0.3 is 0 Å². The molecule has 0 saturated carbocycles. The Bertz CT molecular complexity index is 1040. The minimum Gasteiger partial charge on any atom is -0.394 e. The lowest BCUT2D eigenvalue weighted by Gasteiger charge is -2.47. The molecule has 0 aromatic heterocycles. The van der Waals surface area contributed by atoms with Crippen molar-refractivity contribution in [2.24, 2.45) is 23.2 Å². The number of aliphatic hydroxyl groups excluding tert-OH is 1. The molecule has 3 heterocycles. The van der Waals surface area contributed by atoms with Gasteiger partial charge in [0.15, 0.2) is 0 Å². The van der Waals surface area contributed by atoms with Gasteiger partial charge in [0.25, 0.3) is 0 Å². The van der Waals surface area contributed by atoms with Crippen LogP contribution in [-0.2, 0) is 14.4 Å². The molecule has 0 aromatic rings. The van der Waals surface area contributed by atoms with Crippen LogP contribution in [0.2, 0.25) is 0 Å². The highest BCUT2D eigenvalue weighted by atomic mass is 32.2. The zero-order valence-corrected chi connectivity index (χ0v) is 27.9. The summed E-state index contributed by atoms with van der Waals surface area (Å²) < 4.78 is -1.17. The lowest BCUT2D eigenvalue weighted by Crippen LogP contribution is -2.62. The van der Waals surface area contributed by atoms with Crippen LogP contribution in [0.25, 0.3) is 0 Å². The molecule has 3 fully saturated rings. The monoisotopic (exact) mass is 589 g/mol. The minimum atomic E-state index is -0.762. The summed E-state index contributed by atoms with van der Waals surface area (Å²) in [5.74, 6) is -1.48. The molecular formula is C33H55N3O4S. The number of carbonyl (C=O) groups excluding carboxylic acids is 3. The Kier molecular flexibility index (Phi) is 9.91. The summed E-state index contributed by atoms with van der Waals surface area (Å²) in [4.78, 5) is 49.3. The van der Waals surface area contributed by atoms with E-state index in [2.05, 4.69) is 54.7 Å². The number of hydrogen-bond donors (Lipinski definition) is 1. The number of rotatable bonds is 13. The van der Waals surface area contributed by atoms with Crippen LogP contribution in [-0.4, -0.2) is 90.9 Å². The normalized spacial score (nSPS) is 30.0. The SMILES string of the molecule is C=CCN(CCC)C(=O)[C@@H]1[C@H]2C(=O)N([C@@H](CO)C(C)C)C(C(=O)N(CC=C)C(C)(C)CC(C)(C)C)C23CC[C@@]1(C)S3. The molecule has 2 bridgehead atoms. The Labute approximate surface area is 253 Å². The van der Waals surface area contributed by atoms with Gasteiger partial charge in [-0.15, -0.1) is 24.9 Å². The molecule has 3 aliphatic rings. The van der Waals surface area contributed by atoms with E-state index in [0.29, 0.717) is 26.1 Å².